The summed E-state index contributed by atoms with van der Waals surface area (Å²) >= 11 is 6.86. The third kappa shape index (κ3) is 4.66. The Labute approximate surface area is 138 Å². The smallest absolute Gasteiger partial charge is 0.136 e. The second-order valence-corrected chi connectivity index (χ2v) is 6.89. The summed E-state index contributed by atoms with van der Waals surface area (Å²) in [6.45, 7) is 3.93. The monoisotopic (exact) mass is 406 g/mol. The lowest BCUT2D eigenvalue weighted by Gasteiger charge is -2.13. The van der Waals surface area contributed by atoms with Gasteiger partial charge in [0, 0.05) is 5.56 Å². The van der Waals surface area contributed by atoms with Crippen LogP contribution in [0.3, 0.4) is 0 Å². The summed E-state index contributed by atoms with van der Waals surface area (Å²) in [4.78, 5) is 0. The third-order valence-corrected chi connectivity index (χ3v) is 5.39. The normalized spacial score (nSPS) is 11.0. The standard InChI is InChI=1S/C16H24Br2O2/c1-3-4-5-6-7-8-9-10-12-13(17)15(19)11(2)16(20)14(12)18/h19-20H,3-10H2,1-2H3. The number of rotatable bonds is 8. The van der Waals surface area contributed by atoms with E-state index < -0.39 is 0 Å². The molecule has 1 aromatic carbocycles. The quantitative estimate of drug-likeness (QED) is 0.501. The van der Waals surface area contributed by atoms with Gasteiger partial charge in [-0.3, -0.25) is 0 Å². The summed E-state index contributed by atoms with van der Waals surface area (Å²) in [5.41, 5.74) is 1.46. The van der Waals surface area contributed by atoms with Gasteiger partial charge in [0.05, 0.1) is 8.95 Å². The first-order valence-electron chi connectivity index (χ1n) is 7.39. The van der Waals surface area contributed by atoms with Crippen LogP contribution in [0.2, 0.25) is 0 Å². The Morgan fingerprint density at radius 3 is 1.75 bits per heavy atom. The molecule has 4 heteroatoms. The number of hydrogen-bond donors (Lipinski definition) is 2. The summed E-state index contributed by atoms with van der Waals surface area (Å²) < 4.78 is 1.40. The van der Waals surface area contributed by atoms with E-state index in [1.54, 1.807) is 6.92 Å². The van der Waals surface area contributed by atoms with Crippen LogP contribution >= 0.6 is 31.9 Å². The Morgan fingerprint density at radius 1 is 0.800 bits per heavy atom. The van der Waals surface area contributed by atoms with E-state index >= 15 is 0 Å². The Bertz CT molecular complexity index is 416. The van der Waals surface area contributed by atoms with Crippen LogP contribution in [0.15, 0.2) is 8.95 Å². The fourth-order valence-electron chi connectivity index (χ4n) is 2.30. The molecule has 0 aliphatic rings. The van der Waals surface area contributed by atoms with E-state index in [0.717, 1.165) is 18.4 Å². The summed E-state index contributed by atoms with van der Waals surface area (Å²) in [6.07, 6.45) is 9.63. The molecule has 20 heavy (non-hydrogen) atoms. The molecule has 0 radical (unpaired) electrons. The molecule has 1 aromatic rings. The molecule has 2 N–H and O–H groups in total. The predicted octanol–water partition coefficient (Wildman–Crippen LogP) is 6.22. The van der Waals surface area contributed by atoms with Gasteiger partial charge in [0.25, 0.3) is 0 Å². The van der Waals surface area contributed by atoms with Crippen molar-refractivity contribution in [3.8, 4) is 11.5 Å². The summed E-state index contributed by atoms with van der Waals surface area (Å²) in [5.74, 6) is 0.285. The Morgan fingerprint density at radius 2 is 1.25 bits per heavy atom. The molecular formula is C16H24Br2O2. The lowest BCUT2D eigenvalue weighted by atomic mass is 10.0. The molecule has 0 unspecified atom stereocenters. The number of phenols is 2. The zero-order chi connectivity index (χ0) is 15.1. The van der Waals surface area contributed by atoms with Crippen molar-refractivity contribution in [2.75, 3.05) is 0 Å². The van der Waals surface area contributed by atoms with Crippen LogP contribution in [-0.4, -0.2) is 10.2 Å². The second-order valence-electron chi connectivity index (χ2n) is 5.30. The van der Waals surface area contributed by atoms with Crippen LogP contribution in [-0.2, 0) is 6.42 Å². The van der Waals surface area contributed by atoms with Gasteiger partial charge >= 0.3 is 0 Å². The number of unbranched alkanes of at least 4 members (excludes halogenated alkanes) is 6. The van der Waals surface area contributed by atoms with E-state index in [4.69, 9.17) is 0 Å². The first-order chi connectivity index (χ1) is 9.50. The van der Waals surface area contributed by atoms with Crippen molar-refractivity contribution in [3.63, 3.8) is 0 Å². The number of hydrogen-bond acceptors (Lipinski definition) is 2. The summed E-state index contributed by atoms with van der Waals surface area (Å²) in [6, 6.07) is 0. The first kappa shape index (κ1) is 17.8. The van der Waals surface area contributed by atoms with Gasteiger partial charge in [-0.15, -0.1) is 0 Å². The topological polar surface area (TPSA) is 40.5 Å². The molecular weight excluding hydrogens is 384 g/mol. The highest BCUT2D eigenvalue weighted by Gasteiger charge is 2.17. The SMILES string of the molecule is CCCCCCCCCc1c(Br)c(O)c(C)c(O)c1Br. The molecule has 1 rings (SSSR count). The Balaban J connectivity index is 2.52. The molecule has 0 aliphatic carbocycles. The average Bonchev–Trinajstić information content (AvgIpc) is 2.45. The molecule has 0 heterocycles. The zero-order valence-corrected chi connectivity index (χ0v) is 15.5. The van der Waals surface area contributed by atoms with E-state index in [0.29, 0.717) is 14.5 Å². The summed E-state index contributed by atoms with van der Waals surface area (Å²) in [7, 11) is 0. The minimum atomic E-state index is 0.142. The van der Waals surface area contributed by atoms with Crippen molar-refractivity contribution in [1.82, 2.24) is 0 Å². The zero-order valence-electron chi connectivity index (χ0n) is 12.3. The predicted molar refractivity (Wildman–Crippen MR) is 91.6 cm³/mol. The van der Waals surface area contributed by atoms with Crippen molar-refractivity contribution in [2.45, 2.75) is 65.2 Å². The average molecular weight is 408 g/mol. The molecule has 0 saturated heterocycles. The van der Waals surface area contributed by atoms with Crippen molar-refractivity contribution < 1.29 is 10.2 Å². The lowest BCUT2D eigenvalue weighted by Crippen LogP contribution is -1.93. The van der Waals surface area contributed by atoms with E-state index in [9.17, 15) is 10.2 Å². The van der Waals surface area contributed by atoms with Gasteiger partial charge in [0.15, 0.2) is 0 Å². The fraction of sp³-hybridized carbons (Fsp3) is 0.625. The van der Waals surface area contributed by atoms with Gasteiger partial charge in [-0.25, -0.2) is 0 Å². The number of aromatic hydroxyl groups is 2. The highest BCUT2D eigenvalue weighted by atomic mass is 79.9. The van der Waals surface area contributed by atoms with Gasteiger partial charge in [0.2, 0.25) is 0 Å². The molecule has 0 atom stereocenters. The van der Waals surface area contributed by atoms with Crippen molar-refractivity contribution in [1.29, 1.82) is 0 Å². The van der Waals surface area contributed by atoms with Crippen LogP contribution in [0.25, 0.3) is 0 Å². The molecule has 0 aliphatic heterocycles. The van der Waals surface area contributed by atoms with Crippen molar-refractivity contribution >= 4 is 31.9 Å². The highest BCUT2D eigenvalue weighted by Crippen LogP contribution is 2.43. The molecule has 0 fully saturated rings. The van der Waals surface area contributed by atoms with E-state index in [-0.39, 0.29) is 11.5 Å². The van der Waals surface area contributed by atoms with Crippen molar-refractivity contribution in [3.05, 3.63) is 20.1 Å². The second kappa shape index (κ2) is 8.93. The van der Waals surface area contributed by atoms with Crippen LogP contribution in [0.1, 0.15) is 63.0 Å². The molecule has 0 saturated carbocycles. The van der Waals surface area contributed by atoms with Gasteiger partial charge < -0.3 is 10.2 Å². The van der Waals surface area contributed by atoms with Gasteiger partial charge in [-0.1, -0.05) is 45.4 Å². The lowest BCUT2D eigenvalue weighted by molar-refractivity contribution is 0.436. The molecule has 0 amide bonds. The largest absolute Gasteiger partial charge is 0.506 e. The molecule has 2 nitrogen and oxygen atoms in total. The molecule has 0 spiro atoms. The van der Waals surface area contributed by atoms with Gasteiger partial charge in [-0.2, -0.15) is 0 Å². The van der Waals surface area contributed by atoms with E-state index in [1.165, 1.54) is 38.5 Å². The van der Waals surface area contributed by atoms with Crippen LogP contribution in [0, 0.1) is 6.92 Å². The Hall–Kier alpha value is -0.220. The first-order valence-corrected chi connectivity index (χ1v) is 8.97. The highest BCUT2D eigenvalue weighted by molar-refractivity contribution is 9.11. The minimum absolute atomic E-state index is 0.142. The maximum atomic E-state index is 9.96. The minimum Gasteiger partial charge on any atom is -0.506 e. The number of benzene rings is 1. The molecule has 0 bridgehead atoms. The Kier molecular flexibility index (Phi) is 7.96. The maximum Gasteiger partial charge on any atom is 0.136 e. The third-order valence-electron chi connectivity index (χ3n) is 3.69. The number of phenolic OH excluding ortho intramolecular Hbond substituents is 2. The van der Waals surface area contributed by atoms with E-state index in [2.05, 4.69) is 38.8 Å². The van der Waals surface area contributed by atoms with Gasteiger partial charge in [0.1, 0.15) is 11.5 Å². The van der Waals surface area contributed by atoms with Crippen LogP contribution < -0.4 is 0 Å². The molecule has 0 aromatic heterocycles. The van der Waals surface area contributed by atoms with E-state index in [1.807, 2.05) is 0 Å². The molecule has 114 valence electrons. The number of halogens is 2. The fourth-order valence-corrected chi connectivity index (χ4v) is 3.96. The van der Waals surface area contributed by atoms with Crippen molar-refractivity contribution in [2.24, 2.45) is 0 Å². The van der Waals surface area contributed by atoms with Crippen LogP contribution in [0.5, 0.6) is 11.5 Å². The van der Waals surface area contributed by atoms with Crippen LogP contribution in [0.4, 0.5) is 0 Å². The summed E-state index contributed by atoms with van der Waals surface area (Å²) in [5, 5.41) is 19.9. The maximum absolute atomic E-state index is 9.96. The van der Waals surface area contributed by atoms with Gasteiger partial charge in [-0.05, 0) is 57.2 Å².